The molecule has 1 saturated heterocycles. The minimum absolute atomic E-state index is 0.168. The van der Waals surface area contributed by atoms with E-state index in [-0.39, 0.29) is 16.0 Å². The molecule has 5 nitrogen and oxygen atoms in total. The first-order chi connectivity index (χ1) is 9.00. The SMILES string of the molecule is CC1(C)CNCCC1NCc1ccccc1[N+](=O)[O-]. The molecule has 0 amide bonds. The lowest BCUT2D eigenvalue weighted by molar-refractivity contribution is -0.385. The number of hydrogen-bond acceptors (Lipinski definition) is 4. The average molecular weight is 263 g/mol. The van der Waals surface area contributed by atoms with Crippen molar-refractivity contribution in [1.29, 1.82) is 0 Å². The number of benzene rings is 1. The van der Waals surface area contributed by atoms with Crippen LogP contribution in [0.1, 0.15) is 25.8 Å². The highest BCUT2D eigenvalue weighted by Crippen LogP contribution is 2.26. The summed E-state index contributed by atoms with van der Waals surface area (Å²) in [6.45, 7) is 6.96. The number of para-hydroxylation sites is 1. The van der Waals surface area contributed by atoms with Crippen LogP contribution < -0.4 is 10.6 Å². The number of hydrogen-bond donors (Lipinski definition) is 2. The molecule has 1 aliphatic rings. The highest BCUT2D eigenvalue weighted by Gasteiger charge is 2.31. The summed E-state index contributed by atoms with van der Waals surface area (Å²) in [5.74, 6) is 0. The van der Waals surface area contributed by atoms with Gasteiger partial charge in [-0.15, -0.1) is 0 Å². The van der Waals surface area contributed by atoms with E-state index >= 15 is 0 Å². The summed E-state index contributed by atoms with van der Waals surface area (Å²) in [4.78, 5) is 10.7. The van der Waals surface area contributed by atoms with Gasteiger partial charge in [0.25, 0.3) is 5.69 Å². The number of nitrogens with one attached hydrogen (secondary N) is 2. The van der Waals surface area contributed by atoms with Gasteiger partial charge in [-0.05, 0) is 18.4 Å². The van der Waals surface area contributed by atoms with Gasteiger partial charge in [0, 0.05) is 30.8 Å². The zero-order valence-corrected chi connectivity index (χ0v) is 11.5. The Hall–Kier alpha value is -1.46. The van der Waals surface area contributed by atoms with Crippen LogP contribution in [-0.4, -0.2) is 24.1 Å². The lowest BCUT2D eigenvalue weighted by Crippen LogP contribution is -2.52. The molecule has 0 saturated carbocycles. The third kappa shape index (κ3) is 3.30. The fraction of sp³-hybridized carbons (Fsp3) is 0.571. The maximum Gasteiger partial charge on any atom is 0.273 e. The van der Waals surface area contributed by atoms with Crippen LogP contribution in [0, 0.1) is 15.5 Å². The molecule has 1 atom stereocenters. The first-order valence-electron chi connectivity index (χ1n) is 6.67. The van der Waals surface area contributed by atoms with E-state index in [1.165, 1.54) is 0 Å². The quantitative estimate of drug-likeness (QED) is 0.644. The van der Waals surface area contributed by atoms with Crippen LogP contribution in [0.4, 0.5) is 5.69 Å². The van der Waals surface area contributed by atoms with E-state index in [1.54, 1.807) is 12.1 Å². The van der Waals surface area contributed by atoms with Gasteiger partial charge >= 0.3 is 0 Å². The fourth-order valence-corrected chi connectivity index (χ4v) is 2.62. The zero-order valence-electron chi connectivity index (χ0n) is 11.5. The summed E-state index contributed by atoms with van der Waals surface area (Å²) in [7, 11) is 0. The van der Waals surface area contributed by atoms with Crippen LogP contribution in [0.3, 0.4) is 0 Å². The molecular weight excluding hydrogens is 242 g/mol. The maximum atomic E-state index is 11.0. The van der Waals surface area contributed by atoms with E-state index in [2.05, 4.69) is 24.5 Å². The fourth-order valence-electron chi connectivity index (χ4n) is 2.62. The molecule has 104 valence electrons. The van der Waals surface area contributed by atoms with Crippen LogP contribution in [0.2, 0.25) is 0 Å². The minimum atomic E-state index is -0.315. The van der Waals surface area contributed by atoms with Crippen molar-refractivity contribution in [3.63, 3.8) is 0 Å². The van der Waals surface area contributed by atoms with Crippen LogP contribution in [-0.2, 0) is 6.54 Å². The van der Waals surface area contributed by atoms with Crippen molar-refractivity contribution in [3.8, 4) is 0 Å². The smallest absolute Gasteiger partial charge is 0.273 e. The van der Waals surface area contributed by atoms with Gasteiger partial charge in [0.05, 0.1) is 4.92 Å². The summed E-state index contributed by atoms with van der Waals surface area (Å²) in [5, 5.41) is 17.8. The summed E-state index contributed by atoms with van der Waals surface area (Å²) >= 11 is 0. The largest absolute Gasteiger partial charge is 0.316 e. The summed E-state index contributed by atoms with van der Waals surface area (Å²) in [6, 6.07) is 7.31. The Labute approximate surface area is 113 Å². The van der Waals surface area contributed by atoms with Gasteiger partial charge in [-0.2, -0.15) is 0 Å². The van der Waals surface area contributed by atoms with Gasteiger partial charge in [-0.3, -0.25) is 10.1 Å². The third-order valence-corrected chi connectivity index (χ3v) is 3.86. The standard InChI is InChI=1S/C14H21N3O2/c1-14(2)10-15-8-7-13(14)16-9-11-5-3-4-6-12(11)17(18)19/h3-6,13,15-16H,7-10H2,1-2H3. The Morgan fingerprint density at radius 2 is 2.21 bits per heavy atom. The molecule has 19 heavy (non-hydrogen) atoms. The molecule has 1 aromatic rings. The molecule has 1 unspecified atom stereocenters. The number of nitrogens with zero attached hydrogens (tertiary/aromatic N) is 1. The van der Waals surface area contributed by atoms with Crippen molar-refractivity contribution in [2.75, 3.05) is 13.1 Å². The van der Waals surface area contributed by atoms with Gasteiger partial charge in [0.15, 0.2) is 0 Å². The van der Waals surface area contributed by atoms with E-state index in [9.17, 15) is 10.1 Å². The van der Waals surface area contributed by atoms with Gasteiger partial charge in [-0.1, -0.05) is 32.0 Å². The van der Waals surface area contributed by atoms with Gasteiger partial charge < -0.3 is 10.6 Å². The summed E-state index contributed by atoms with van der Waals surface area (Å²) < 4.78 is 0. The summed E-state index contributed by atoms with van der Waals surface area (Å²) in [5.41, 5.74) is 1.12. The van der Waals surface area contributed by atoms with E-state index in [4.69, 9.17) is 0 Å². The monoisotopic (exact) mass is 263 g/mol. The number of nitro benzene ring substituents is 1. The van der Waals surface area contributed by atoms with E-state index in [0.717, 1.165) is 25.1 Å². The van der Waals surface area contributed by atoms with Crippen molar-refractivity contribution in [3.05, 3.63) is 39.9 Å². The van der Waals surface area contributed by atoms with Crippen LogP contribution >= 0.6 is 0 Å². The van der Waals surface area contributed by atoms with Crippen molar-refractivity contribution in [1.82, 2.24) is 10.6 Å². The Balaban J connectivity index is 2.04. The van der Waals surface area contributed by atoms with Crippen molar-refractivity contribution >= 4 is 5.69 Å². The molecule has 1 aliphatic heterocycles. The van der Waals surface area contributed by atoms with E-state index in [0.29, 0.717) is 12.6 Å². The summed E-state index contributed by atoms with van der Waals surface area (Å²) in [6.07, 6.45) is 1.05. The van der Waals surface area contributed by atoms with Crippen LogP contribution in [0.5, 0.6) is 0 Å². The number of rotatable bonds is 4. The minimum Gasteiger partial charge on any atom is -0.316 e. The lowest BCUT2D eigenvalue weighted by atomic mass is 9.80. The Morgan fingerprint density at radius 1 is 1.47 bits per heavy atom. The topological polar surface area (TPSA) is 67.2 Å². The molecule has 2 N–H and O–H groups in total. The van der Waals surface area contributed by atoms with Gasteiger partial charge in [-0.25, -0.2) is 0 Å². The first kappa shape index (κ1) is 14.0. The molecule has 1 fully saturated rings. The normalized spacial score (nSPS) is 22.1. The van der Waals surface area contributed by atoms with Gasteiger partial charge in [0.2, 0.25) is 0 Å². The van der Waals surface area contributed by atoms with Crippen molar-refractivity contribution in [2.45, 2.75) is 32.9 Å². The Kier molecular flexibility index (Phi) is 4.17. The van der Waals surface area contributed by atoms with Crippen LogP contribution in [0.15, 0.2) is 24.3 Å². The molecule has 2 rings (SSSR count). The van der Waals surface area contributed by atoms with Crippen molar-refractivity contribution in [2.24, 2.45) is 5.41 Å². The average Bonchev–Trinajstić information content (AvgIpc) is 2.37. The Morgan fingerprint density at radius 3 is 2.89 bits per heavy atom. The third-order valence-electron chi connectivity index (χ3n) is 3.86. The maximum absolute atomic E-state index is 11.0. The first-order valence-corrected chi connectivity index (χ1v) is 6.67. The molecule has 5 heteroatoms. The second-order valence-electron chi connectivity index (χ2n) is 5.77. The molecule has 0 bridgehead atoms. The highest BCUT2D eigenvalue weighted by atomic mass is 16.6. The predicted octanol–water partition coefficient (Wildman–Crippen LogP) is 2.07. The van der Waals surface area contributed by atoms with E-state index in [1.807, 2.05) is 12.1 Å². The zero-order chi connectivity index (χ0) is 13.9. The predicted molar refractivity (Wildman–Crippen MR) is 75.0 cm³/mol. The molecule has 1 aromatic carbocycles. The second kappa shape index (κ2) is 5.67. The second-order valence-corrected chi connectivity index (χ2v) is 5.77. The Bertz CT molecular complexity index is 460. The molecule has 0 aromatic heterocycles. The highest BCUT2D eigenvalue weighted by molar-refractivity contribution is 5.39. The van der Waals surface area contributed by atoms with Crippen LogP contribution in [0.25, 0.3) is 0 Å². The molecule has 0 radical (unpaired) electrons. The van der Waals surface area contributed by atoms with Gasteiger partial charge in [0.1, 0.15) is 0 Å². The molecular formula is C14H21N3O2. The molecule has 0 spiro atoms. The van der Waals surface area contributed by atoms with E-state index < -0.39 is 0 Å². The number of nitro groups is 1. The van der Waals surface area contributed by atoms with Crippen molar-refractivity contribution < 1.29 is 4.92 Å². The molecule has 0 aliphatic carbocycles. The molecule has 1 heterocycles. The number of piperidine rings is 1. The lowest BCUT2D eigenvalue weighted by Gasteiger charge is -2.39.